The van der Waals surface area contributed by atoms with Crippen LogP contribution in [0.1, 0.15) is 5.69 Å². The SMILES string of the molecule is O=S(=O)(c1cc(F)ccc1F)N1CCN(c2ccc(C(F)(F)F)nn2)CC1. The van der Waals surface area contributed by atoms with E-state index in [9.17, 15) is 30.4 Å². The van der Waals surface area contributed by atoms with Gasteiger partial charge in [-0.05, 0) is 30.3 Å². The van der Waals surface area contributed by atoms with Crippen molar-refractivity contribution in [1.82, 2.24) is 14.5 Å². The summed E-state index contributed by atoms with van der Waals surface area (Å²) in [5.41, 5.74) is -1.13. The number of benzene rings is 1. The molecule has 0 spiro atoms. The molecule has 12 heteroatoms. The van der Waals surface area contributed by atoms with Gasteiger partial charge in [-0.25, -0.2) is 17.2 Å². The van der Waals surface area contributed by atoms with E-state index in [1.165, 1.54) is 0 Å². The first-order valence-electron chi connectivity index (χ1n) is 7.70. The average Bonchev–Trinajstić information content (AvgIpc) is 2.63. The molecule has 6 nitrogen and oxygen atoms in total. The van der Waals surface area contributed by atoms with E-state index < -0.39 is 38.4 Å². The van der Waals surface area contributed by atoms with Gasteiger partial charge in [0.15, 0.2) is 11.5 Å². The van der Waals surface area contributed by atoms with Crippen LogP contribution in [-0.2, 0) is 16.2 Å². The third kappa shape index (κ3) is 4.00. The summed E-state index contributed by atoms with van der Waals surface area (Å²) in [5.74, 6) is -1.78. The second-order valence-electron chi connectivity index (χ2n) is 5.74. The largest absolute Gasteiger partial charge is 0.435 e. The number of hydrogen-bond acceptors (Lipinski definition) is 5. The Balaban J connectivity index is 1.72. The molecule has 1 saturated heterocycles. The highest BCUT2D eigenvalue weighted by atomic mass is 32.2. The van der Waals surface area contributed by atoms with E-state index in [-0.39, 0.29) is 32.0 Å². The zero-order valence-corrected chi connectivity index (χ0v) is 14.4. The molecule has 2 heterocycles. The van der Waals surface area contributed by atoms with Crippen molar-refractivity contribution < 1.29 is 30.4 Å². The molecule has 0 saturated carbocycles. The van der Waals surface area contributed by atoms with Gasteiger partial charge in [-0.15, -0.1) is 10.2 Å². The number of nitrogens with zero attached hydrogens (tertiary/aromatic N) is 4. The molecule has 1 aromatic carbocycles. The Labute approximate surface area is 151 Å². The van der Waals surface area contributed by atoms with Crippen molar-refractivity contribution in [3.05, 3.63) is 47.7 Å². The lowest BCUT2D eigenvalue weighted by atomic mass is 10.3. The zero-order valence-electron chi connectivity index (χ0n) is 13.6. The number of halogens is 5. The van der Waals surface area contributed by atoms with Crippen molar-refractivity contribution in [2.75, 3.05) is 31.1 Å². The van der Waals surface area contributed by atoms with E-state index >= 15 is 0 Å². The molecule has 0 bridgehead atoms. The van der Waals surface area contributed by atoms with E-state index in [1.807, 2.05) is 0 Å². The monoisotopic (exact) mass is 408 g/mol. The van der Waals surface area contributed by atoms with Crippen molar-refractivity contribution >= 4 is 15.8 Å². The fraction of sp³-hybridized carbons (Fsp3) is 0.333. The number of anilines is 1. The number of rotatable bonds is 3. The predicted molar refractivity (Wildman–Crippen MR) is 84.4 cm³/mol. The van der Waals surface area contributed by atoms with Gasteiger partial charge in [-0.3, -0.25) is 0 Å². The van der Waals surface area contributed by atoms with Crippen LogP contribution in [0.3, 0.4) is 0 Å². The normalized spacial score (nSPS) is 16.6. The molecular formula is C15H13F5N4O2S. The Hall–Kier alpha value is -2.34. The highest BCUT2D eigenvalue weighted by Crippen LogP contribution is 2.28. The topological polar surface area (TPSA) is 66.4 Å². The predicted octanol–water partition coefficient (Wildman–Crippen LogP) is 2.28. The molecule has 1 aromatic heterocycles. The first kappa shape index (κ1) is 19.4. The minimum absolute atomic E-state index is 0.0685. The van der Waals surface area contributed by atoms with Crippen molar-refractivity contribution in [2.24, 2.45) is 0 Å². The van der Waals surface area contributed by atoms with Crippen molar-refractivity contribution in [1.29, 1.82) is 0 Å². The van der Waals surface area contributed by atoms with Gasteiger partial charge in [0, 0.05) is 26.2 Å². The number of piperazine rings is 1. The standard InChI is InChI=1S/C15H13F5N4O2S/c16-10-1-2-11(17)12(9-10)27(25,26)24-7-5-23(6-8-24)14-4-3-13(21-22-14)15(18,19)20/h1-4,9H,5-8H2. The highest BCUT2D eigenvalue weighted by molar-refractivity contribution is 7.89. The van der Waals surface area contributed by atoms with Crippen molar-refractivity contribution in [3.63, 3.8) is 0 Å². The second kappa shape index (κ2) is 7.00. The van der Waals surface area contributed by atoms with Crippen LogP contribution < -0.4 is 4.90 Å². The summed E-state index contributed by atoms with van der Waals surface area (Å²) in [4.78, 5) is 0.798. The minimum atomic E-state index is -4.60. The molecule has 1 aliphatic heterocycles. The molecule has 2 aromatic rings. The molecule has 0 aliphatic carbocycles. The smallest absolute Gasteiger partial charge is 0.352 e. The molecule has 0 radical (unpaired) electrons. The third-order valence-corrected chi connectivity index (χ3v) is 5.93. The van der Waals surface area contributed by atoms with Gasteiger partial charge in [0.2, 0.25) is 10.0 Å². The van der Waals surface area contributed by atoms with Gasteiger partial charge in [-0.2, -0.15) is 17.5 Å². The summed E-state index contributed by atoms with van der Waals surface area (Å²) < 4.78 is 90.7. The van der Waals surface area contributed by atoms with Crippen LogP contribution in [0, 0.1) is 11.6 Å². The Morgan fingerprint density at radius 1 is 0.926 bits per heavy atom. The Morgan fingerprint density at radius 2 is 1.59 bits per heavy atom. The summed E-state index contributed by atoms with van der Waals surface area (Å²) in [5, 5.41) is 6.64. The maximum absolute atomic E-state index is 13.8. The van der Waals surface area contributed by atoms with E-state index in [0.717, 1.165) is 28.6 Å². The Kier molecular flexibility index (Phi) is 5.04. The van der Waals surface area contributed by atoms with Gasteiger partial charge in [0.25, 0.3) is 0 Å². The first-order chi connectivity index (χ1) is 12.6. The molecular weight excluding hydrogens is 395 g/mol. The van der Waals surface area contributed by atoms with Crippen molar-refractivity contribution in [3.8, 4) is 0 Å². The molecule has 0 atom stereocenters. The molecule has 3 rings (SSSR count). The highest BCUT2D eigenvalue weighted by Gasteiger charge is 2.34. The molecule has 27 heavy (non-hydrogen) atoms. The number of sulfonamides is 1. The lowest BCUT2D eigenvalue weighted by molar-refractivity contribution is -0.141. The molecule has 1 fully saturated rings. The van der Waals surface area contributed by atoms with Crippen LogP contribution in [-0.4, -0.2) is 49.1 Å². The minimum Gasteiger partial charge on any atom is -0.352 e. The zero-order chi connectivity index (χ0) is 19.8. The first-order valence-corrected chi connectivity index (χ1v) is 9.14. The molecule has 0 unspecified atom stereocenters. The molecule has 1 aliphatic rings. The summed E-state index contributed by atoms with van der Waals surface area (Å²) >= 11 is 0. The van der Waals surface area contributed by atoms with Crippen LogP contribution in [0.2, 0.25) is 0 Å². The number of alkyl halides is 3. The van der Waals surface area contributed by atoms with E-state index in [0.29, 0.717) is 6.07 Å². The Bertz CT molecular complexity index is 926. The van der Waals surface area contributed by atoms with Gasteiger partial charge in [-0.1, -0.05) is 0 Å². The fourth-order valence-electron chi connectivity index (χ4n) is 2.62. The van der Waals surface area contributed by atoms with Crippen molar-refractivity contribution in [2.45, 2.75) is 11.1 Å². The molecule has 0 N–H and O–H groups in total. The van der Waals surface area contributed by atoms with Gasteiger partial charge < -0.3 is 4.90 Å². The van der Waals surface area contributed by atoms with Crippen LogP contribution in [0.4, 0.5) is 27.8 Å². The fourth-order valence-corrected chi connectivity index (χ4v) is 4.11. The quantitative estimate of drug-likeness (QED) is 0.730. The average molecular weight is 408 g/mol. The van der Waals surface area contributed by atoms with Crippen LogP contribution in [0.5, 0.6) is 0 Å². The van der Waals surface area contributed by atoms with Crippen LogP contribution in [0.25, 0.3) is 0 Å². The maximum atomic E-state index is 13.8. The second-order valence-corrected chi connectivity index (χ2v) is 7.65. The van der Waals surface area contributed by atoms with E-state index in [4.69, 9.17) is 0 Å². The number of aromatic nitrogens is 2. The molecule has 146 valence electrons. The lowest BCUT2D eigenvalue weighted by Crippen LogP contribution is -2.49. The summed E-state index contributed by atoms with van der Waals surface area (Å²) in [7, 11) is -4.24. The Morgan fingerprint density at radius 3 is 2.15 bits per heavy atom. The van der Waals surface area contributed by atoms with E-state index in [1.54, 1.807) is 4.90 Å². The lowest BCUT2D eigenvalue weighted by Gasteiger charge is -2.34. The summed E-state index contributed by atoms with van der Waals surface area (Å²) in [6.45, 7) is 0.0778. The maximum Gasteiger partial charge on any atom is 0.435 e. The van der Waals surface area contributed by atoms with Crippen LogP contribution in [0.15, 0.2) is 35.2 Å². The third-order valence-electron chi connectivity index (χ3n) is 4.01. The summed E-state index contributed by atoms with van der Waals surface area (Å²) in [6.07, 6.45) is -4.60. The summed E-state index contributed by atoms with van der Waals surface area (Å²) in [6, 6.07) is 4.09. The van der Waals surface area contributed by atoms with Crippen LogP contribution >= 0.6 is 0 Å². The van der Waals surface area contributed by atoms with E-state index in [2.05, 4.69) is 10.2 Å². The number of hydrogen-bond donors (Lipinski definition) is 0. The van der Waals surface area contributed by atoms with Gasteiger partial charge in [0.1, 0.15) is 16.5 Å². The molecule has 0 amide bonds. The van der Waals surface area contributed by atoms with Gasteiger partial charge in [0.05, 0.1) is 0 Å². The van der Waals surface area contributed by atoms with Gasteiger partial charge >= 0.3 is 6.18 Å².